The molecule has 2 aromatic rings. The molecule has 12 heteroatoms. The first-order chi connectivity index (χ1) is 14.8. The number of halogens is 3. The Hall–Kier alpha value is -3.15. The topological polar surface area (TPSA) is 110 Å². The molecule has 0 saturated heterocycles. The molecule has 0 atom stereocenters. The number of non-ortho nitro benzene ring substituents is 1. The number of hydrogen-bond donors (Lipinski definition) is 1. The van der Waals surface area contributed by atoms with Crippen molar-refractivity contribution in [3.05, 3.63) is 69.3 Å². The Morgan fingerprint density at radius 2 is 1.88 bits per heavy atom. The molecule has 1 amide bonds. The number of hydrogen-bond acceptors (Lipinski definition) is 5. The lowest BCUT2D eigenvalue weighted by atomic mass is 10.1. The van der Waals surface area contributed by atoms with E-state index in [1.807, 2.05) is 0 Å². The van der Waals surface area contributed by atoms with Gasteiger partial charge in [-0.25, -0.2) is 8.42 Å². The van der Waals surface area contributed by atoms with Crippen molar-refractivity contribution in [2.45, 2.75) is 32.5 Å². The van der Waals surface area contributed by atoms with Gasteiger partial charge in [0.25, 0.3) is 5.69 Å². The van der Waals surface area contributed by atoms with E-state index in [9.17, 15) is 36.5 Å². The second-order valence-electron chi connectivity index (χ2n) is 7.14. The third-order valence-corrected chi connectivity index (χ3v) is 5.76. The normalized spacial score (nSPS) is 11.8. The van der Waals surface area contributed by atoms with Crippen molar-refractivity contribution in [1.29, 1.82) is 0 Å². The average Bonchev–Trinajstić information content (AvgIpc) is 2.69. The maximum absolute atomic E-state index is 12.8. The van der Waals surface area contributed by atoms with Crippen LogP contribution < -0.4 is 9.62 Å². The maximum Gasteiger partial charge on any atom is 0.416 e. The summed E-state index contributed by atoms with van der Waals surface area (Å²) >= 11 is 0. The lowest BCUT2D eigenvalue weighted by Crippen LogP contribution is -2.32. The van der Waals surface area contributed by atoms with Gasteiger partial charge in [0.05, 0.1) is 22.4 Å². The Bertz CT molecular complexity index is 1100. The van der Waals surface area contributed by atoms with Crippen molar-refractivity contribution >= 4 is 27.3 Å². The molecule has 1 N–H and O–H groups in total. The Morgan fingerprint density at radius 1 is 1.19 bits per heavy atom. The number of nitrogens with zero attached hydrogens (tertiary/aromatic N) is 2. The van der Waals surface area contributed by atoms with Gasteiger partial charge in [-0.2, -0.15) is 13.2 Å². The first-order valence-electron chi connectivity index (χ1n) is 9.44. The van der Waals surface area contributed by atoms with Gasteiger partial charge in [-0.1, -0.05) is 18.2 Å². The standard InChI is InChI=1S/C20H22F3N3O5S/c1-14-8-9-17(26(28)29)12-18(14)25(32(2,30)31)10-4-7-19(27)24-13-15-5-3-6-16(11-15)20(21,22)23/h3,5-6,8-9,11-12H,4,7,10,13H2,1-2H3,(H,24,27). The second-order valence-corrected chi connectivity index (χ2v) is 9.05. The van der Waals surface area contributed by atoms with Crippen LogP contribution in [0.25, 0.3) is 0 Å². The van der Waals surface area contributed by atoms with Gasteiger partial charge in [-0.05, 0) is 36.6 Å². The molecule has 0 aliphatic heterocycles. The van der Waals surface area contributed by atoms with Crippen LogP contribution in [0, 0.1) is 17.0 Å². The average molecular weight is 473 g/mol. The quantitative estimate of drug-likeness (QED) is 0.440. The van der Waals surface area contributed by atoms with Crippen LogP contribution in [0.4, 0.5) is 24.5 Å². The zero-order chi connectivity index (χ0) is 24.1. The molecule has 0 aromatic heterocycles. The SMILES string of the molecule is Cc1ccc([N+](=O)[O-])cc1N(CCCC(=O)NCc1cccc(C(F)(F)F)c1)S(C)(=O)=O. The summed E-state index contributed by atoms with van der Waals surface area (Å²) in [5.41, 5.74) is -0.155. The smallest absolute Gasteiger partial charge is 0.352 e. The third kappa shape index (κ3) is 6.94. The summed E-state index contributed by atoms with van der Waals surface area (Å²) in [5.74, 6) is -0.466. The largest absolute Gasteiger partial charge is 0.416 e. The summed E-state index contributed by atoms with van der Waals surface area (Å²) in [6, 6.07) is 8.43. The minimum atomic E-state index is -4.49. The highest BCUT2D eigenvalue weighted by Gasteiger charge is 2.30. The number of rotatable bonds is 9. The van der Waals surface area contributed by atoms with Crippen LogP contribution in [0.15, 0.2) is 42.5 Å². The van der Waals surface area contributed by atoms with Gasteiger partial charge >= 0.3 is 6.18 Å². The highest BCUT2D eigenvalue weighted by Crippen LogP contribution is 2.30. The number of nitrogens with one attached hydrogen (secondary N) is 1. The number of carbonyl (C=O) groups excluding carboxylic acids is 1. The van der Waals surface area contributed by atoms with E-state index in [0.717, 1.165) is 28.8 Å². The number of aryl methyl sites for hydroxylation is 1. The molecule has 0 saturated carbocycles. The minimum absolute atomic E-state index is 0.0844. The van der Waals surface area contributed by atoms with Crippen molar-refractivity contribution in [1.82, 2.24) is 5.32 Å². The number of nitro groups is 1. The lowest BCUT2D eigenvalue weighted by molar-refractivity contribution is -0.384. The highest BCUT2D eigenvalue weighted by atomic mass is 32.2. The van der Waals surface area contributed by atoms with E-state index < -0.39 is 32.6 Å². The van der Waals surface area contributed by atoms with E-state index in [1.165, 1.54) is 24.3 Å². The number of alkyl halides is 3. The fourth-order valence-corrected chi connectivity index (χ4v) is 3.99. The molecular formula is C20H22F3N3O5S. The molecule has 0 aliphatic rings. The fraction of sp³-hybridized carbons (Fsp3) is 0.350. The monoisotopic (exact) mass is 473 g/mol. The summed E-state index contributed by atoms with van der Waals surface area (Å²) in [6.07, 6.45) is -3.51. The lowest BCUT2D eigenvalue weighted by Gasteiger charge is -2.24. The summed E-state index contributed by atoms with van der Waals surface area (Å²) < 4.78 is 63.7. The molecule has 0 bridgehead atoms. The highest BCUT2D eigenvalue weighted by molar-refractivity contribution is 7.92. The zero-order valence-electron chi connectivity index (χ0n) is 17.3. The molecule has 0 fully saturated rings. The number of carbonyl (C=O) groups is 1. The van der Waals surface area contributed by atoms with Crippen LogP contribution in [0.1, 0.15) is 29.5 Å². The Balaban J connectivity index is 2.00. The molecule has 32 heavy (non-hydrogen) atoms. The van der Waals surface area contributed by atoms with Gasteiger partial charge in [0.15, 0.2) is 0 Å². The molecule has 0 heterocycles. The molecule has 2 rings (SSSR count). The van der Waals surface area contributed by atoms with Gasteiger partial charge in [0, 0.05) is 31.6 Å². The maximum atomic E-state index is 12.8. The molecule has 0 spiro atoms. The van der Waals surface area contributed by atoms with Crippen LogP contribution in [0.5, 0.6) is 0 Å². The van der Waals surface area contributed by atoms with Crippen molar-refractivity contribution in [3.63, 3.8) is 0 Å². The van der Waals surface area contributed by atoms with Gasteiger partial charge in [-0.15, -0.1) is 0 Å². The predicted octanol–water partition coefficient (Wildman–Crippen LogP) is 3.78. The summed E-state index contributed by atoms with van der Waals surface area (Å²) in [7, 11) is -3.78. The molecule has 2 aromatic carbocycles. The van der Waals surface area contributed by atoms with Crippen LogP contribution in [-0.4, -0.2) is 32.0 Å². The predicted molar refractivity (Wildman–Crippen MR) is 113 cm³/mol. The van der Waals surface area contributed by atoms with Gasteiger partial charge in [-0.3, -0.25) is 19.2 Å². The Labute approximate surface area is 183 Å². The minimum Gasteiger partial charge on any atom is -0.352 e. The first-order valence-corrected chi connectivity index (χ1v) is 11.3. The molecule has 0 aliphatic carbocycles. The van der Waals surface area contributed by atoms with Crippen molar-refractivity contribution in [3.8, 4) is 0 Å². The molecular weight excluding hydrogens is 451 g/mol. The zero-order valence-corrected chi connectivity index (χ0v) is 18.2. The van der Waals surface area contributed by atoms with Crippen molar-refractivity contribution < 1.29 is 31.3 Å². The van der Waals surface area contributed by atoms with E-state index >= 15 is 0 Å². The van der Waals surface area contributed by atoms with Crippen LogP contribution in [-0.2, 0) is 27.5 Å². The van der Waals surface area contributed by atoms with Gasteiger partial charge in [0.1, 0.15) is 0 Å². The van der Waals surface area contributed by atoms with Crippen LogP contribution >= 0.6 is 0 Å². The van der Waals surface area contributed by atoms with Crippen LogP contribution in [0.2, 0.25) is 0 Å². The van der Waals surface area contributed by atoms with Gasteiger partial charge in [0.2, 0.25) is 15.9 Å². The van der Waals surface area contributed by atoms with E-state index in [-0.39, 0.29) is 42.9 Å². The first kappa shape index (κ1) is 25.1. The Morgan fingerprint density at radius 3 is 2.47 bits per heavy atom. The number of nitro benzene ring substituents is 1. The van der Waals surface area contributed by atoms with Gasteiger partial charge < -0.3 is 5.32 Å². The van der Waals surface area contributed by atoms with E-state index in [0.29, 0.717) is 5.56 Å². The molecule has 174 valence electrons. The number of anilines is 1. The van der Waals surface area contributed by atoms with Crippen molar-refractivity contribution in [2.75, 3.05) is 17.1 Å². The summed E-state index contributed by atoms with van der Waals surface area (Å²) in [6.45, 7) is 1.40. The summed E-state index contributed by atoms with van der Waals surface area (Å²) in [5, 5.41) is 13.5. The second kappa shape index (κ2) is 9.98. The van der Waals surface area contributed by atoms with E-state index in [4.69, 9.17) is 0 Å². The van der Waals surface area contributed by atoms with E-state index in [2.05, 4.69) is 5.32 Å². The number of sulfonamides is 1. The third-order valence-electron chi connectivity index (χ3n) is 4.58. The summed E-state index contributed by atoms with van der Waals surface area (Å²) in [4.78, 5) is 22.5. The van der Waals surface area contributed by atoms with Crippen molar-refractivity contribution in [2.24, 2.45) is 0 Å². The molecule has 0 unspecified atom stereocenters. The van der Waals surface area contributed by atoms with E-state index in [1.54, 1.807) is 6.92 Å². The molecule has 0 radical (unpaired) electrons. The van der Waals surface area contributed by atoms with Crippen LogP contribution in [0.3, 0.4) is 0 Å². The number of benzene rings is 2. The molecule has 8 nitrogen and oxygen atoms in total. The number of amides is 1. The Kier molecular flexibility index (Phi) is 7.83. The fourth-order valence-electron chi connectivity index (χ4n) is 2.97.